The predicted octanol–water partition coefficient (Wildman–Crippen LogP) is 1.23. The molecule has 3 rings (SSSR count). The number of furan rings is 1. The maximum absolute atomic E-state index is 10.7. The highest BCUT2D eigenvalue weighted by atomic mass is 16.4. The Kier molecular flexibility index (Phi) is 3.04. The van der Waals surface area contributed by atoms with Crippen LogP contribution in [0.25, 0.3) is 11.0 Å². The SMILES string of the molecule is O=C(O)c1cn(CCNc2nccc3occc23)nn1. The van der Waals surface area contributed by atoms with E-state index in [0.29, 0.717) is 13.1 Å². The van der Waals surface area contributed by atoms with Gasteiger partial charge in [-0.25, -0.2) is 14.5 Å². The zero-order valence-electron chi connectivity index (χ0n) is 10.4. The average molecular weight is 273 g/mol. The van der Waals surface area contributed by atoms with Crippen LogP contribution in [0, 0.1) is 0 Å². The largest absolute Gasteiger partial charge is 0.476 e. The maximum atomic E-state index is 10.7. The molecule has 0 aliphatic rings. The first-order valence-corrected chi connectivity index (χ1v) is 5.93. The number of hydrogen-bond acceptors (Lipinski definition) is 6. The molecule has 3 aromatic rings. The highest BCUT2D eigenvalue weighted by Crippen LogP contribution is 2.21. The van der Waals surface area contributed by atoms with Crippen LogP contribution in [0.3, 0.4) is 0 Å². The van der Waals surface area contributed by atoms with Crippen LogP contribution >= 0.6 is 0 Å². The molecular formula is C12H11N5O3. The van der Waals surface area contributed by atoms with Crippen molar-refractivity contribution in [2.24, 2.45) is 0 Å². The number of carbonyl (C=O) groups is 1. The maximum Gasteiger partial charge on any atom is 0.358 e. The zero-order valence-corrected chi connectivity index (χ0v) is 10.4. The van der Waals surface area contributed by atoms with Crippen LogP contribution in [0.5, 0.6) is 0 Å². The lowest BCUT2D eigenvalue weighted by atomic mass is 10.3. The molecule has 8 nitrogen and oxygen atoms in total. The molecule has 0 aromatic carbocycles. The van der Waals surface area contributed by atoms with E-state index in [1.54, 1.807) is 18.5 Å². The van der Waals surface area contributed by atoms with Crippen molar-refractivity contribution < 1.29 is 14.3 Å². The Labute approximate surface area is 113 Å². The van der Waals surface area contributed by atoms with Crippen LogP contribution in [0.15, 0.2) is 35.2 Å². The molecule has 2 N–H and O–H groups in total. The molecule has 0 amide bonds. The van der Waals surface area contributed by atoms with Crippen LogP contribution in [0.4, 0.5) is 5.82 Å². The third-order valence-electron chi connectivity index (χ3n) is 2.77. The van der Waals surface area contributed by atoms with Gasteiger partial charge in [-0.05, 0) is 12.1 Å². The second-order valence-corrected chi connectivity index (χ2v) is 4.09. The third-order valence-corrected chi connectivity index (χ3v) is 2.77. The lowest BCUT2D eigenvalue weighted by Gasteiger charge is -2.05. The van der Waals surface area contributed by atoms with Crippen LogP contribution in [-0.2, 0) is 6.54 Å². The number of hydrogen-bond donors (Lipinski definition) is 2. The van der Waals surface area contributed by atoms with Crippen molar-refractivity contribution in [1.29, 1.82) is 0 Å². The van der Waals surface area contributed by atoms with Gasteiger partial charge in [-0.15, -0.1) is 5.10 Å². The molecule has 0 atom stereocenters. The monoisotopic (exact) mass is 273 g/mol. The first-order valence-electron chi connectivity index (χ1n) is 5.93. The highest BCUT2D eigenvalue weighted by molar-refractivity contribution is 5.87. The van der Waals surface area contributed by atoms with Gasteiger partial charge >= 0.3 is 5.97 Å². The van der Waals surface area contributed by atoms with E-state index >= 15 is 0 Å². The third kappa shape index (κ3) is 2.30. The second kappa shape index (κ2) is 5.00. The van der Waals surface area contributed by atoms with Gasteiger partial charge in [0.2, 0.25) is 0 Å². The van der Waals surface area contributed by atoms with Crippen LogP contribution in [-0.4, -0.2) is 37.6 Å². The van der Waals surface area contributed by atoms with E-state index in [0.717, 1.165) is 16.8 Å². The Balaban J connectivity index is 1.64. The van der Waals surface area contributed by atoms with Gasteiger partial charge in [0.25, 0.3) is 0 Å². The van der Waals surface area contributed by atoms with Gasteiger partial charge in [-0.1, -0.05) is 5.21 Å². The molecule has 3 aromatic heterocycles. The second-order valence-electron chi connectivity index (χ2n) is 4.09. The quantitative estimate of drug-likeness (QED) is 0.720. The summed E-state index contributed by atoms with van der Waals surface area (Å²) >= 11 is 0. The molecule has 0 saturated heterocycles. The molecule has 0 aliphatic carbocycles. The van der Waals surface area contributed by atoms with Gasteiger partial charge in [0.15, 0.2) is 5.69 Å². The molecule has 3 heterocycles. The van der Waals surface area contributed by atoms with E-state index in [4.69, 9.17) is 9.52 Å². The minimum Gasteiger partial charge on any atom is -0.476 e. The minimum absolute atomic E-state index is 0.0694. The molecule has 0 spiro atoms. The number of nitrogens with one attached hydrogen (secondary N) is 1. The van der Waals surface area contributed by atoms with Gasteiger partial charge in [0.1, 0.15) is 11.4 Å². The summed E-state index contributed by atoms with van der Waals surface area (Å²) in [5.41, 5.74) is 0.691. The summed E-state index contributed by atoms with van der Waals surface area (Å²) in [6, 6.07) is 3.62. The van der Waals surface area contributed by atoms with Gasteiger partial charge < -0.3 is 14.8 Å². The van der Waals surface area contributed by atoms with E-state index < -0.39 is 5.97 Å². The Morgan fingerprint density at radius 3 is 3.15 bits per heavy atom. The van der Waals surface area contributed by atoms with Gasteiger partial charge in [-0.3, -0.25) is 0 Å². The van der Waals surface area contributed by atoms with Crippen molar-refractivity contribution in [3.05, 3.63) is 36.5 Å². The molecule has 0 fully saturated rings. The van der Waals surface area contributed by atoms with E-state index in [9.17, 15) is 4.79 Å². The minimum atomic E-state index is -1.09. The summed E-state index contributed by atoms with van der Waals surface area (Å²) in [4.78, 5) is 14.9. The number of fused-ring (bicyclic) bond motifs is 1. The van der Waals surface area contributed by atoms with Crippen molar-refractivity contribution in [3.8, 4) is 0 Å². The summed E-state index contributed by atoms with van der Waals surface area (Å²) < 4.78 is 6.74. The summed E-state index contributed by atoms with van der Waals surface area (Å²) in [6.45, 7) is 1.02. The molecule has 0 bridgehead atoms. The fourth-order valence-corrected chi connectivity index (χ4v) is 1.83. The van der Waals surface area contributed by atoms with Crippen molar-refractivity contribution in [2.45, 2.75) is 6.54 Å². The van der Waals surface area contributed by atoms with E-state index in [2.05, 4.69) is 20.6 Å². The van der Waals surface area contributed by atoms with E-state index in [-0.39, 0.29) is 5.69 Å². The molecular weight excluding hydrogens is 262 g/mol. The number of aromatic nitrogens is 4. The highest BCUT2D eigenvalue weighted by Gasteiger charge is 2.08. The van der Waals surface area contributed by atoms with E-state index in [1.165, 1.54) is 10.9 Å². The topological polar surface area (TPSA) is 106 Å². The van der Waals surface area contributed by atoms with Crippen molar-refractivity contribution in [3.63, 3.8) is 0 Å². The lowest BCUT2D eigenvalue weighted by molar-refractivity contribution is 0.0690. The number of carboxylic acid groups (broad SMARTS) is 1. The standard InChI is InChI=1S/C12H11N5O3/c18-12(19)9-7-17(16-15-9)5-4-14-11-8-2-6-20-10(8)1-3-13-11/h1-3,6-7H,4-5H2,(H,13,14)(H,18,19). The lowest BCUT2D eigenvalue weighted by Crippen LogP contribution is -2.12. The number of anilines is 1. The Morgan fingerprint density at radius 2 is 2.35 bits per heavy atom. The summed E-state index contributed by atoms with van der Waals surface area (Å²) in [5.74, 6) is -0.371. The molecule has 0 unspecified atom stereocenters. The Hall–Kier alpha value is -2.90. The zero-order chi connectivity index (χ0) is 13.9. The Bertz CT molecular complexity index is 748. The summed E-state index contributed by atoms with van der Waals surface area (Å²) in [5, 5.41) is 20.1. The number of rotatable bonds is 5. The van der Waals surface area contributed by atoms with Gasteiger partial charge in [0, 0.05) is 12.7 Å². The molecule has 0 saturated carbocycles. The smallest absolute Gasteiger partial charge is 0.358 e. The molecule has 8 heteroatoms. The molecule has 20 heavy (non-hydrogen) atoms. The fraction of sp³-hybridized carbons (Fsp3) is 0.167. The van der Waals surface area contributed by atoms with Crippen molar-refractivity contribution >= 4 is 22.8 Å². The number of pyridine rings is 1. The van der Waals surface area contributed by atoms with Crippen molar-refractivity contribution in [1.82, 2.24) is 20.0 Å². The Morgan fingerprint density at radius 1 is 1.45 bits per heavy atom. The summed E-state index contributed by atoms with van der Waals surface area (Å²) in [6.07, 6.45) is 4.65. The number of carboxylic acids is 1. The van der Waals surface area contributed by atoms with E-state index in [1.807, 2.05) is 6.07 Å². The normalized spacial score (nSPS) is 10.8. The first kappa shape index (κ1) is 12.2. The first-order chi connectivity index (χ1) is 9.74. The predicted molar refractivity (Wildman–Crippen MR) is 69.5 cm³/mol. The van der Waals surface area contributed by atoms with Crippen LogP contribution in [0.2, 0.25) is 0 Å². The summed E-state index contributed by atoms with van der Waals surface area (Å²) in [7, 11) is 0. The molecule has 102 valence electrons. The average Bonchev–Trinajstić information content (AvgIpc) is 3.07. The van der Waals surface area contributed by atoms with Gasteiger partial charge in [-0.2, -0.15) is 0 Å². The molecule has 0 radical (unpaired) electrons. The fourth-order valence-electron chi connectivity index (χ4n) is 1.83. The van der Waals surface area contributed by atoms with Crippen LogP contribution < -0.4 is 5.32 Å². The number of nitrogens with zero attached hydrogens (tertiary/aromatic N) is 4. The van der Waals surface area contributed by atoms with Crippen LogP contribution in [0.1, 0.15) is 10.5 Å². The molecule has 0 aliphatic heterocycles. The van der Waals surface area contributed by atoms with Gasteiger partial charge in [0.05, 0.1) is 24.4 Å². The number of aromatic carboxylic acids is 1. The van der Waals surface area contributed by atoms with Crippen molar-refractivity contribution in [2.75, 3.05) is 11.9 Å².